The third-order valence-electron chi connectivity index (χ3n) is 3.21. The molecule has 0 unspecified atom stereocenters. The fourth-order valence-electron chi connectivity index (χ4n) is 2.13. The summed E-state index contributed by atoms with van der Waals surface area (Å²) in [7, 11) is 1.53. The number of carbonyl (C=O) groups is 1. The molecule has 0 spiro atoms. The SMILES string of the molecule is COc1cc(C=O)cc(Br)c1OCc1ccc2c(c1)OCO2. The molecule has 6 heteroatoms. The Morgan fingerprint density at radius 3 is 2.82 bits per heavy atom. The zero-order valence-corrected chi connectivity index (χ0v) is 13.4. The van der Waals surface area contributed by atoms with Crippen LogP contribution in [0.25, 0.3) is 0 Å². The second kappa shape index (κ2) is 6.27. The Morgan fingerprint density at radius 1 is 1.23 bits per heavy atom. The Labute approximate surface area is 135 Å². The van der Waals surface area contributed by atoms with Crippen LogP contribution in [0.3, 0.4) is 0 Å². The average molecular weight is 365 g/mol. The minimum atomic E-state index is 0.242. The van der Waals surface area contributed by atoms with Gasteiger partial charge in [-0.2, -0.15) is 0 Å². The molecule has 2 aromatic rings. The number of methoxy groups -OCH3 is 1. The fraction of sp³-hybridized carbons (Fsp3) is 0.188. The van der Waals surface area contributed by atoms with Crippen molar-refractivity contribution in [3.63, 3.8) is 0 Å². The summed E-state index contributed by atoms with van der Waals surface area (Å²) in [5.74, 6) is 2.49. The van der Waals surface area contributed by atoms with E-state index in [0.717, 1.165) is 17.6 Å². The number of hydrogen-bond acceptors (Lipinski definition) is 5. The second-order valence-electron chi connectivity index (χ2n) is 4.63. The van der Waals surface area contributed by atoms with Crippen LogP contribution in [0.2, 0.25) is 0 Å². The van der Waals surface area contributed by atoms with Gasteiger partial charge in [0.25, 0.3) is 0 Å². The molecule has 22 heavy (non-hydrogen) atoms. The largest absolute Gasteiger partial charge is 0.493 e. The van der Waals surface area contributed by atoms with Gasteiger partial charge in [0.15, 0.2) is 23.0 Å². The first-order chi connectivity index (χ1) is 10.7. The molecular weight excluding hydrogens is 352 g/mol. The number of aldehydes is 1. The molecule has 0 aliphatic carbocycles. The molecule has 0 atom stereocenters. The number of carbonyl (C=O) groups excluding carboxylic acids is 1. The lowest BCUT2D eigenvalue weighted by Gasteiger charge is -2.13. The average Bonchev–Trinajstić information content (AvgIpc) is 3.00. The van der Waals surface area contributed by atoms with Crippen LogP contribution in [0.15, 0.2) is 34.8 Å². The van der Waals surface area contributed by atoms with E-state index in [9.17, 15) is 4.79 Å². The normalized spacial score (nSPS) is 12.1. The van der Waals surface area contributed by atoms with Crippen molar-refractivity contribution in [1.82, 2.24) is 0 Å². The zero-order valence-electron chi connectivity index (χ0n) is 11.8. The van der Waals surface area contributed by atoms with Gasteiger partial charge in [-0.05, 0) is 45.8 Å². The predicted octanol–water partition coefficient (Wildman–Crippen LogP) is 3.58. The van der Waals surface area contributed by atoms with Crippen LogP contribution in [0.4, 0.5) is 0 Å². The zero-order chi connectivity index (χ0) is 15.5. The monoisotopic (exact) mass is 364 g/mol. The quantitative estimate of drug-likeness (QED) is 0.759. The van der Waals surface area contributed by atoms with Gasteiger partial charge in [-0.1, -0.05) is 6.07 Å². The van der Waals surface area contributed by atoms with Crippen molar-refractivity contribution in [2.45, 2.75) is 6.61 Å². The molecule has 1 aliphatic heterocycles. The summed E-state index contributed by atoms with van der Waals surface area (Å²) in [4.78, 5) is 10.9. The van der Waals surface area contributed by atoms with Gasteiger partial charge >= 0.3 is 0 Å². The van der Waals surface area contributed by atoms with E-state index in [1.807, 2.05) is 18.2 Å². The van der Waals surface area contributed by atoms with E-state index in [0.29, 0.717) is 33.9 Å². The number of fused-ring (bicyclic) bond motifs is 1. The van der Waals surface area contributed by atoms with Gasteiger partial charge in [0.1, 0.15) is 12.9 Å². The van der Waals surface area contributed by atoms with Crippen LogP contribution in [0.1, 0.15) is 15.9 Å². The Morgan fingerprint density at radius 2 is 2.05 bits per heavy atom. The molecule has 114 valence electrons. The first kappa shape index (κ1) is 14.7. The van der Waals surface area contributed by atoms with Gasteiger partial charge in [-0.25, -0.2) is 0 Å². The molecule has 5 nitrogen and oxygen atoms in total. The summed E-state index contributed by atoms with van der Waals surface area (Å²) in [5, 5.41) is 0. The molecule has 0 fully saturated rings. The molecule has 0 amide bonds. The van der Waals surface area contributed by atoms with E-state index < -0.39 is 0 Å². The van der Waals surface area contributed by atoms with Crippen LogP contribution in [0, 0.1) is 0 Å². The van der Waals surface area contributed by atoms with E-state index in [1.54, 1.807) is 12.1 Å². The van der Waals surface area contributed by atoms with Crippen molar-refractivity contribution in [3.8, 4) is 23.0 Å². The molecular formula is C16H13BrO5. The van der Waals surface area contributed by atoms with Crippen LogP contribution in [-0.4, -0.2) is 20.2 Å². The van der Waals surface area contributed by atoms with E-state index in [4.69, 9.17) is 18.9 Å². The molecule has 1 aliphatic rings. The Hall–Kier alpha value is -2.21. The molecule has 0 bridgehead atoms. The topological polar surface area (TPSA) is 54.0 Å². The Balaban J connectivity index is 1.80. The van der Waals surface area contributed by atoms with Crippen molar-refractivity contribution in [1.29, 1.82) is 0 Å². The minimum absolute atomic E-state index is 0.242. The molecule has 0 aromatic heterocycles. The summed E-state index contributed by atoms with van der Waals surface area (Å²) in [6, 6.07) is 8.95. The minimum Gasteiger partial charge on any atom is -0.493 e. The van der Waals surface area contributed by atoms with E-state index >= 15 is 0 Å². The first-order valence-corrected chi connectivity index (χ1v) is 7.34. The fourth-order valence-corrected chi connectivity index (χ4v) is 2.71. The van der Waals surface area contributed by atoms with Crippen molar-refractivity contribution in [2.24, 2.45) is 0 Å². The third-order valence-corrected chi connectivity index (χ3v) is 3.80. The van der Waals surface area contributed by atoms with Crippen LogP contribution < -0.4 is 18.9 Å². The molecule has 2 aromatic carbocycles. The van der Waals surface area contributed by atoms with Crippen molar-refractivity contribution in [3.05, 3.63) is 45.9 Å². The van der Waals surface area contributed by atoms with E-state index in [-0.39, 0.29) is 6.79 Å². The van der Waals surface area contributed by atoms with Crippen LogP contribution in [0.5, 0.6) is 23.0 Å². The summed E-state index contributed by atoms with van der Waals surface area (Å²) in [5.41, 5.74) is 1.46. The summed E-state index contributed by atoms with van der Waals surface area (Å²) >= 11 is 3.39. The van der Waals surface area contributed by atoms with Gasteiger partial charge in [0.2, 0.25) is 6.79 Å². The number of halogens is 1. The number of benzene rings is 2. The van der Waals surface area contributed by atoms with Crippen LogP contribution in [-0.2, 0) is 6.61 Å². The predicted molar refractivity (Wildman–Crippen MR) is 83.0 cm³/mol. The summed E-state index contributed by atoms with van der Waals surface area (Å²) in [6.45, 7) is 0.582. The number of hydrogen-bond donors (Lipinski definition) is 0. The highest BCUT2D eigenvalue weighted by atomic mass is 79.9. The maximum atomic E-state index is 10.9. The van der Waals surface area contributed by atoms with Gasteiger partial charge in [0.05, 0.1) is 11.6 Å². The molecule has 3 rings (SSSR count). The highest BCUT2D eigenvalue weighted by Crippen LogP contribution is 2.37. The highest BCUT2D eigenvalue weighted by molar-refractivity contribution is 9.10. The molecule has 1 heterocycles. The Kier molecular flexibility index (Phi) is 4.20. The van der Waals surface area contributed by atoms with Gasteiger partial charge in [0, 0.05) is 5.56 Å². The maximum absolute atomic E-state index is 10.9. The standard InChI is InChI=1S/C16H13BrO5/c1-19-15-6-11(7-18)4-12(17)16(15)20-8-10-2-3-13-14(5-10)22-9-21-13/h2-7H,8-9H2,1H3. The lowest BCUT2D eigenvalue weighted by atomic mass is 10.2. The van der Waals surface area contributed by atoms with Gasteiger partial charge in [-0.3, -0.25) is 4.79 Å². The third kappa shape index (κ3) is 2.87. The van der Waals surface area contributed by atoms with E-state index in [1.165, 1.54) is 7.11 Å². The van der Waals surface area contributed by atoms with E-state index in [2.05, 4.69) is 15.9 Å². The smallest absolute Gasteiger partial charge is 0.231 e. The summed E-state index contributed by atoms with van der Waals surface area (Å²) in [6.07, 6.45) is 0.759. The second-order valence-corrected chi connectivity index (χ2v) is 5.48. The summed E-state index contributed by atoms with van der Waals surface area (Å²) < 4.78 is 22.4. The van der Waals surface area contributed by atoms with Gasteiger partial charge < -0.3 is 18.9 Å². The number of ether oxygens (including phenoxy) is 4. The Bertz CT molecular complexity index is 714. The maximum Gasteiger partial charge on any atom is 0.231 e. The molecule has 0 saturated heterocycles. The van der Waals surface area contributed by atoms with Crippen LogP contribution >= 0.6 is 15.9 Å². The highest BCUT2D eigenvalue weighted by Gasteiger charge is 2.15. The van der Waals surface area contributed by atoms with Crippen molar-refractivity contribution < 1.29 is 23.7 Å². The number of rotatable bonds is 5. The lowest BCUT2D eigenvalue weighted by molar-refractivity contribution is 0.112. The van der Waals surface area contributed by atoms with Crippen molar-refractivity contribution >= 4 is 22.2 Å². The molecule has 0 saturated carbocycles. The van der Waals surface area contributed by atoms with Gasteiger partial charge in [-0.15, -0.1) is 0 Å². The van der Waals surface area contributed by atoms with Crippen molar-refractivity contribution in [2.75, 3.05) is 13.9 Å². The molecule has 0 radical (unpaired) electrons. The lowest BCUT2D eigenvalue weighted by Crippen LogP contribution is -1.99. The first-order valence-electron chi connectivity index (χ1n) is 6.55. The molecule has 0 N–H and O–H groups in total.